The van der Waals surface area contributed by atoms with Gasteiger partial charge in [0.1, 0.15) is 0 Å². The predicted molar refractivity (Wildman–Crippen MR) is 135 cm³/mol. The van der Waals surface area contributed by atoms with Gasteiger partial charge in [-0.2, -0.15) is 0 Å². The number of hydrogen-bond donors (Lipinski definition) is 4. The van der Waals surface area contributed by atoms with Gasteiger partial charge in [0.05, 0.1) is 18.3 Å². The molecule has 0 heterocycles. The minimum atomic E-state index is -0.860. The summed E-state index contributed by atoms with van der Waals surface area (Å²) in [5, 5.41) is 43.7. The zero-order valence-electron chi connectivity index (χ0n) is 22.7. The molecule has 0 bridgehead atoms. The second-order valence-electron chi connectivity index (χ2n) is 14.5. The van der Waals surface area contributed by atoms with Crippen LogP contribution in [0.4, 0.5) is 0 Å². The van der Waals surface area contributed by atoms with Crippen molar-refractivity contribution in [2.24, 2.45) is 50.7 Å². The molecule has 5 heteroatoms. The van der Waals surface area contributed by atoms with Crippen molar-refractivity contribution in [3.05, 3.63) is 11.6 Å². The number of carboxylic acids is 1. The van der Waals surface area contributed by atoms with Gasteiger partial charge in [0.2, 0.25) is 0 Å². The molecule has 5 saturated carbocycles. The Morgan fingerprint density at radius 2 is 1.66 bits per heavy atom. The van der Waals surface area contributed by atoms with Gasteiger partial charge in [-0.15, -0.1) is 0 Å². The van der Waals surface area contributed by atoms with Crippen molar-refractivity contribution in [3.63, 3.8) is 0 Å². The van der Waals surface area contributed by atoms with Crippen molar-refractivity contribution in [2.75, 3.05) is 0 Å². The molecule has 0 radical (unpaired) electrons. The van der Waals surface area contributed by atoms with E-state index in [-0.39, 0.29) is 45.4 Å². The van der Waals surface area contributed by atoms with Crippen LogP contribution < -0.4 is 0 Å². The lowest BCUT2D eigenvalue weighted by Crippen LogP contribution is -2.63. The van der Waals surface area contributed by atoms with E-state index in [0.717, 1.165) is 57.8 Å². The number of fused-ring (bicyclic) bond motifs is 2. The summed E-state index contributed by atoms with van der Waals surface area (Å²) in [6.07, 6.45) is 8.99. The maximum atomic E-state index is 12.0. The van der Waals surface area contributed by atoms with E-state index in [0.29, 0.717) is 29.2 Å². The van der Waals surface area contributed by atoms with Crippen molar-refractivity contribution in [2.45, 2.75) is 118 Å². The number of aliphatic hydroxyl groups is 3. The van der Waals surface area contributed by atoms with E-state index in [1.54, 1.807) is 6.92 Å². The Hall–Kier alpha value is -0.910. The van der Waals surface area contributed by atoms with Crippen LogP contribution in [0.25, 0.3) is 0 Å². The van der Waals surface area contributed by atoms with Crippen molar-refractivity contribution >= 4 is 5.97 Å². The summed E-state index contributed by atoms with van der Waals surface area (Å²) >= 11 is 0. The molecule has 0 aromatic heterocycles. The summed E-state index contributed by atoms with van der Waals surface area (Å²) < 4.78 is 0. The molecule has 5 nitrogen and oxygen atoms in total. The van der Waals surface area contributed by atoms with Crippen LogP contribution >= 0.6 is 0 Å². The summed E-state index contributed by atoms with van der Waals surface area (Å²) in [6, 6.07) is 0. The highest BCUT2D eigenvalue weighted by molar-refractivity contribution is 5.85. The fraction of sp³-hybridized carbons (Fsp3) is 0.900. The van der Waals surface area contributed by atoms with Gasteiger partial charge in [-0.05, 0) is 105 Å². The molecular weight excluding hydrogens is 440 g/mol. The van der Waals surface area contributed by atoms with Crippen molar-refractivity contribution in [1.29, 1.82) is 0 Å². The molecule has 0 amide bonds. The molecule has 5 rings (SSSR count). The quantitative estimate of drug-likeness (QED) is 0.400. The Kier molecular flexibility index (Phi) is 5.73. The van der Waals surface area contributed by atoms with Crippen LogP contribution in [0.5, 0.6) is 0 Å². The van der Waals surface area contributed by atoms with Crippen molar-refractivity contribution in [3.8, 4) is 0 Å². The SMILES string of the molecule is C/C(=C\CC[C@@H](C)[C@H]1C[C@H](O)[C@@]2(C)[C@@H]3CC[C@H]4C(C)(C)[C@@H](O)CC[C@@]45C[C@@]35[C@H](O)C[C@]12C)C(=O)O. The summed E-state index contributed by atoms with van der Waals surface area (Å²) in [6.45, 7) is 13.1. The molecular formula is C30H48O5. The molecule has 35 heavy (non-hydrogen) atoms. The van der Waals surface area contributed by atoms with E-state index in [2.05, 4.69) is 34.6 Å². The number of allylic oxidation sites excluding steroid dienone is 1. The first-order valence-electron chi connectivity index (χ1n) is 14.1. The molecule has 4 N–H and O–H groups in total. The minimum Gasteiger partial charge on any atom is -0.478 e. The third kappa shape index (κ3) is 3.01. The zero-order valence-corrected chi connectivity index (χ0v) is 22.7. The summed E-state index contributed by atoms with van der Waals surface area (Å²) in [5.74, 6) is 0.554. The van der Waals surface area contributed by atoms with Gasteiger partial charge >= 0.3 is 5.97 Å². The summed E-state index contributed by atoms with van der Waals surface area (Å²) in [5.41, 5.74) is -0.0978. The van der Waals surface area contributed by atoms with E-state index in [4.69, 9.17) is 0 Å². The Bertz CT molecular complexity index is 926. The number of carbonyl (C=O) groups is 1. The zero-order chi connectivity index (χ0) is 25.8. The van der Waals surface area contributed by atoms with Gasteiger partial charge in [0.15, 0.2) is 0 Å². The second-order valence-corrected chi connectivity index (χ2v) is 14.5. The molecule has 0 saturated heterocycles. The van der Waals surface area contributed by atoms with Crippen molar-refractivity contribution in [1.82, 2.24) is 0 Å². The average molecular weight is 489 g/mol. The largest absolute Gasteiger partial charge is 0.478 e. The molecule has 5 aliphatic carbocycles. The topological polar surface area (TPSA) is 98.0 Å². The lowest BCUT2D eigenvalue weighted by atomic mass is 9.40. The average Bonchev–Trinajstić information content (AvgIpc) is 3.43. The molecule has 2 spiro atoms. The Morgan fingerprint density at radius 1 is 1.00 bits per heavy atom. The molecule has 198 valence electrons. The Labute approximate surface area is 211 Å². The van der Waals surface area contributed by atoms with E-state index in [9.17, 15) is 25.2 Å². The standard InChI is InChI=1S/C30H48O5/c1-17(8-7-9-18(2)25(34)35)19-14-23(32)28(6)21-11-10-20-26(3,4)22(31)12-13-29(20)16-30(21,29)24(33)15-27(19,28)5/h9,17,19-24,31-33H,7-8,10-16H2,1-6H3,(H,34,35)/b18-9+/t17-,19-,20+,21+,22+,23+,24-,27-,28-,29-,30+/m1/s1. The highest BCUT2D eigenvalue weighted by atomic mass is 16.4. The lowest BCUT2D eigenvalue weighted by Gasteiger charge is -2.65. The monoisotopic (exact) mass is 488 g/mol. The number of aliphatic carboxylic acids is 1. The molecule has 0 unspecified atom stereocenters. The third-order valence-electron chi connectivity index (χ3n) is 13.3. The van der Waals surface area contributed by atoms with Gasteiger partial charge < -0.3 is 20.4 Å². The number of aliphatic hydroxyl groups excluding tert-OH is 3. The fourth-order valence-electron chi connectivity index (χ4n) is 11.2. The highest BCUT2D eigenvalue weighted by Crippen LogP contribution is 2.88. The molecule has 5 fully saturated rings. The Morgan fingerprint density at radius 3 is 2.31 bits per heavy atom. The first-order valence-corrected chi connectivity index (χ1v) is 14.1. The maximum Gasteiger partial charge on any atom is 0.330 e. The van der Waals surface area contributed by atoms with Crippen LogP contribution in [0.3, 0.4) is 0 Å². The number of carboxylic acid groups (broad SMARTS) is 1. The van der Waals surface area contributed by atoms with Gasteiger partial charge in [0.25, 0.3) is 0 Å². The maximum absolute atomic E-state index is 12.0. The van der Waals surface area contributed by atoms with Gasteiger partial charge in [-0.25, -0.2) is 4.79 Å². The highest BCUT2D eigenvalue weighted by Gasteiger charge is 2.85. The smallest absolute Gasteiger partial charge is 0.330 e. The fourth-order valence-corrected chi connectivity index (χ4v) is 11.2. The number of rotatable bonds is 5. The van der Waals surface area contributed by atoms with Crippen LogP contribution in [-0.2, 0) is 4.79 Å². The normalized spacial score (nSPS) is 53.1. The number of hydrogen-bond acceptors (Lipinski definition) is 4. The van der Waals surface area contributed by atoms with E-state index >= 15 is 0 Å². The molecule has 0 aliphatic heterocycles. The van der Waals surface area contributed by atoms with E-state index in [1.807, 2.05) is 6.08 Å². The summed E-state index contributed by atoms with van der Waals surface area (Å²) in [7, 11) is 0. The van der Waals surface area contributed by atoms with E-state index in [1.165, 1.54) is 0 Å². The van der Waals surface area contributed by atoms with Crippen LogP contribution in [0.2, 0.25) is 0 Å². The first kappa shape index (κ1) is 25.7. The second kappa shape index (κ2) is 7.80. The minimum absolute atomic E-state index is 0.109. The third-order valence-corrected chi connectivity index (χ3v) is 13.3. The molecule has 5 aliphatic rings. The van der Waals surface area contributed by atoms with Gasteiger partial charge in [-0.3, -0.25) is 0 Å². The van der Waals surface area contributed by atoms with Gasteiger partial charge in [-0.1, -0.05) is 40.7 Å². The Balaban J connectivity index is 1.44. The molecule has 11 atom stereocenters. The van der Waals surface area contributed by atoms with Crippen LogP contribution in [0, 0.1) is 50.7 Å². The lowest BCUT2D eigenvalue weighted by molar-refractivity contribution is -0.218. The predicted octanol–water partition coefficient (Wildman–Crippen LogP) is 5.18. The molecule has 0 aromatic rings. The van der Waals surface area contributed by atoms with Gasteiger partial charge in [0, 0.05) is 16.4 Å². The van der Waals surface area contributed by atoms with Crippen LogP contribution in [0.1, 0.15) is 99.3 Å². The first-order chi connectivity index (χ1) is 16.2. The summed E-state index contributed by atoms with van der Waals surface area (Å²) in [4.78, 5) is 11.2. The van der Waals surface area contributed by atoms with Crippen molar-refractivity contribution < 1.29 is 25.2 Å². The molecule has 0 aromatic carbocycles. The van der Waals surface area contributed by atoms with Crippen LogP contribution in [0.15, 0.2) is 11.6 Å². The van der Waals surface area contributed by atoms with Crippen LogP contribution in [-0.4, -0.2) is 44.7 Å². The van der Waals surface area contributed by atoms with E-state index < -0.39 is 5.97 Å².